The second kappa shape index (κ2) is 4.83. The number of fused-ring (bicyclic) bond motifs is 1. The van der Waals surface area contributed by atoms with Crippen LogP contribution in [0.15, 0.2) is 18.2 Å². The number of anilines is 2. The minimum atomic E-state index is 0.728. The highest BCUT2D eigenvalue weighted by Gasteiger charge is 2.27. The van der Waals surface area contributed by atoms with E-state index in [1.54, 1.807) is 0 Å². The molecule has 2 heterocycles. The molecule has 3 rings (SSSR count). The Hall–Kier alpha value is -1.18. The number of aryl methyl sites for hydroxylation is 1. The molecule has 0 aromatic heterocycles. The maximum atomic E-state index is 3.54. The molecule has 2 nitrogen and oxygen atoms in total. The zero-order valence-electron chi connectivity index (χ0n) is 11.6. The first-order valence-corrected chi connectivity index (χ1v) is 7.39. The Bertz CT molecular complexity index is 425. The quantitative estimate of drug-likeness (QED) is 0.854. The maximum Gasteiger partial charge on any atom is 0.0393 e. The number of rotatable bonds is 2. The van der Waals surface area contributed by atoms with Crippen LogP contribution < -0.4 is 10.2 Å². The summed E-state index contributed by atoms with van der Waals surface area (Å²) in [4.78, 5) is 2.61. The third-order valence-corrected chi connectivity index (χ3v) is 4.43. The summed E-state index contributed by atoms with van der Waals surface area (Å²) in [5.41, 5.74) is 4.28. The number of nitrogens with zero attached hydrogens (tertiary/aromatic N) is 1. The van der Waals surface area contributed by atoms with Gasteiger partial charge in [0.15, 0.2) is 0 Å². The first-order valence-electron chi connectivity index (χ1n) is 7.39. The van der Waals surface area contributed by atoms with Crippen LogP contribution in [0, 0.1) is 5.92 Å². The Morgan fingerprint density at radius 3 is 3.00 bits per heavy atom. The monoisotopic (exact) mass is 244 g/mol. The smallest absolute Gasteiger partial charge is 0.0393 e. The summed E-state index contributed by atoms with van der Waals surface area (Å²) in [6, 6.07) is 7.75. The minimum Gasteiger partial charge on any atom is -0.385 e. The fraction of sp³-hybridized carbons (Fsp3) is 0.625. The molecular weight excluding hydrogens is 220 g/mol. The van der Waals surface area contributed by atoms with Crippen molar-refractivity contribution in [2.45, 2.75) is 45.6 Å². The topological polar surface area (TPSA) is 15.3 Å². The van der Waals surface area contributed by atoms with E-state index in [4.69, 9.17) is 0 Å². The highest BCUT2D eigenvalue weighted by molar-refractivity contribution is 5.64. The standard InChI is InChI=1S/C16H24N2/c1-12(2)16-6-4-10-18(16)14-8-7-13-5-3-9-17-15(13)11-14/h7-8,11-12,16-17H,3-6,9-10H2,1-2H3. The highest BCUT2D eigenvalue weighted by Crippen LogP contribution is 2.33. The molecule has 1 unspecified atom stereocenters. The van der Waals surface area contributed by atoms with Crippen molar-refractivity contribution in [1.29, 1.82) is 0 Å². The van der Waals surface area contributed by atoms with E-state index in [9.17, 15) is 0 Å². The van der Waals surface area contributed by atoms with Crippen molar-refractivity contribution in [3.05, 3.63) is 23.8 Å². The molecule has 18 heavy (non-hydrogen) atoms. The molecule has 1 atom stereocenters. The van der Waals surface area contributed by atoms with Crippen LogP contribution in [0.1, 0.15) is 38.7 Å². The molecule has 0 amide bonds. The Morgan fingerprint density at radius 2 is 2.17 bits per heavy atom. The van der Waals surface area contributed by atoms with Gasteiger partial charge in [0, 0.05) is 30.5 Å². The predicted octanol–water partition coefficient (Wildman–Crippen LogP) is 3.67. The highest BCUT2D eigenvalue weighted by atomic mass is 15.2. The van der Waals surface area contributed by atoms with Gasteiger partial charge in [-0.3, -0.25) is 0 Å². The largest absolute Gasteiger partial charge is 0.385 e. The van der Waals surface area contributed by atoms with E-state index in [1.165, 1.54) is 49.2 Å². The van der Waals surface area contributed by atoms with Gasteiger partial charge in [0.25, 0.3) is 0 Å². The van der Waals surface area contributed by atoms with Gasteiger partial charge < -0.3 is 10.2 Å². The van der Waals surface area contributed by atoms with E-state index >= 15 is 0 Å². The lowest BCUT2D eigenvalue weighted by Gasteiger charge is -2.31. The molecule has 1 aromatic rings. The first kappa shape index (κ1) is 11.9. The molecule has 2 aliphatic heterocycles. The summed E-state index contributed by atoms with van der Waals surface area (Å²) in [5.74, 6) is 0.747. The maximum absolute atomic E-state index is 3.54. The van der Waals surface area contributed by atoms with Crippen molar-refractivity contribution in [3.8, 4) is 0 Å². The van der Waals surface area contributed by atoms with Crippen LogP contribution in [0.25, 0.3) is 0 Å². The van der Waals surface area contributed by atoms with Crippen molar-refractivity contribution in [1.82, 2.24) is 0 Å². The van der Waals surface area contributed by atoms with Crippen molar-refractivity contribution < 1.29 is 0 Å². The van der Waals surface area contributed by atoms with E-state index in [0.29, 0.717) is 0 Å². The van der Waals surface area contributed by atoms with E-state index in [0.717, 1.165) is 18.5 Å². The molecule has 1 N–H and O–H groups in total. The average Bonchev–Trinajstić information content (AvgIpc) is 2.87. The summed E-state index contributed by atoms with van der Waals surface area (Å²) in [6.45, 7) is 7.05. The van der Waals surface area contributed by atoms with Gasteiger partial charge in [0.05, 0.1) is 0 Å². The summed E-state index contributed by atoms with van der Waals surface area (Å²) in [6.07, 6.45) is 5.19. The molecule has 2 heteroatoms. The number of benzene rings is 1. The Kier molecular flexibility index (Phi) is 3.19. The van der Waals surface area contributed by atoms with E-state index in [-0.39, 0.29) is 0 Å². The van der Waals surface area contributed by atoms with Crippen LogP contribution >= 0.6 is 0 Å². The van der Waals surface area contributed by atoms with Gasteiger partial charge in [0.1, 0.15) is 0 Å². The molecular formula is C16H24N2. The Morgan fingerprint density at radius 1 is 1.28 bits per heavy atom. The lowest BCUT2D eigenvalue weighted by atomic mass is 10.00. The SMILES string of the molecule is CC(C)C1CCCN1c1ccc2c(c1)NCCC2. The van der Waals surface area contributed by atoms with Gasteiger partial charge in [-0.05, 0) is 49.3 Å². The summed E-state index contributed by atoms with van der Waals surface area (Å²) < 4.78 is 0. The molecule has 98 valence electrons. The molecule has 1 saturated heterocycles. The fourth-order valence-electron chi connectivity index (χ4n) is 3.43. The average molecular weight is 244 g/mol. The van der Waals surface area contributed by atoms with Crippen LogP contribution in [-0.2, 0) is 6.42 Å². The molecule has 1 fully saturated rings. The molecule has 0 saturated carbocycles. The zero-order chi connectivity index (χ0) is 12.5. The van der Waals surface area contributed by atoms with Crippen molar-refractivity contribution in [2.75, 3.05) is 23.3 Å². The summed E-state index contributed by atoms with van der Waals surface area (Å²) in [7, 11) is 0. The molecule has 0 bridgehead atoms. The molecule has 0 aliphatic carbocycles. The number of hydrogen-bond acceptors (Lipinski definition) is 2. The number of nitrogens with one attached hydrogen (secondary N) is 1. The van der Waals surface area contributed by atoms with Crippen molar-refractivity contribution in [2.24, 2.45) is 5.92 Å². The molecule has 2 aliphatic rings. The lowest BCUT2D eigenvalue weighted by molar-refractivity contribution is 0.492. The summed E-state index contributed by atoms with van der Waals surface area (Å²) in [5, 5.41) is 3.54. The third-order valence-electron chi connectivity index (χ3n) is 4.43. The van der Waals surface area contributed by atoms with Crippen molar-refractivity contribution >= 4 is 11.4 Å². The predicted molar refractivity (Wildman–Crippen MR) is 78.5 cm³/mol. The molecule has 1 aromatic carbocycles. The van der Waals surface area contributed by atoms with E-state index in [1.807, 2.05) is 0 Å². The normalized spacial score (nSPS) is 23.1. The van der Waals surface area contributed by atoms with Gasteiger partial charge in [-0.2, -0.15) is 0 Å². The molecule has 0 radical (unpaired) electrons. The Balaban J connectivity index is 1.87. The van der Waals surface area contributed by atoms with Gasteiger partial charge in [-0.25, -0.2) is 0 Å². The van der Waals surface area contributed by atoms with Crippen LogP contribution in [-0.4, -0.2) is 19.1 Å². The third kappa shape index (κ3) is 2.09. The van der Waals surface area contributed by atoms with Crippen LogP contribution in [0.4, 0.5) is 11.4 Å². The number of hydrogen-bond donors (Lipinski definition) is 1. The van der Waals surface area contributed by atoms with Crippen LogP contribution in [0.5, 0.6) is 0 Å². The second-order valence-corrected chi connectivity index (χ2v) is 6.02. The van der Waals surface area contributed by atoms with Gasteiger partial charge in [-0.1, -0.05) is 19.9 Å². The summed E-state index contributed by atoms with van der Waals surface area (Å²) >= 11 is 0. The lowest BCUT2D eigenvalue weighted by Crippen LogP contribution is -2.33. The second-order valence-electron chi connectivity index (χ2n) is 6.02. The van der Waals surface area contributed by atoms with Crippen LogP contribution in [0.2, 0.25) is 0 Å². The zero-order valence-corrected chi connectivity index (χ0v) is 11.6. The van der Waals surface area contributed by atoms with Gasteiger partial charge in [0.2, 0.25) is 0 Å². The van der Waals surface area contributed by atoms with Crippen LogP contribution in [0.3, 0.4) is 0 Å². The first-order chi connectivity index (χ1) is 8.75. The van der Waals surface area contributed by atoms with Gasteiger partial charge in [-0.15, -0.1) is 0 Å². The van der Waals surface area contributed by atoms with Crippen molar-refractivity contribution in [3.63, 3.8) is 0 Å². The fourth-order valence-corrected chi connectivity index (χ4v) is 3.43. The minimum absolute atomic E-state index is 0.728. The molecule has 0 spiro atoms. The van der Waals surface area contributed by atoms with E-state index in [2.05, 4.69) is 42.3 Å². The van der Waals surface area contributed by atoms with Gasteiger partial charge >= 0.3 is 0 Å². The van der Waals surface area contributed by atoms with E-state index < -0.39 is 0 Å². The Labute approximate surface area is 110 Å².